The molecule has 0 saturated carbocycles. The van der Waals surface area contributed by atoms with Crippen molar-refractivity contribution in [3.05, 3.63) is 41.0 Å². The Morgan fingerprint density at radius 1 is 1.40 bits per heavy atom. The first-order valence-electron chi connectivity index (χ1n) is 6.51. The molecule has 4 nitrogen and oxygen atoms in total. The van der Waals surface area contributed by atoms with Gasteiger partial charge in [-0.15, -0.1) is 0 Å². The van der Waals surface area contributed by atoms with Crippen LogP contribution in [0.3, 0.4) is 0 Å². The molecule has 0 bridgehead atoms. The summed E-state index contributed by atoms with van der Waals surface area (Å²) in [6.45, 7) is 4.37. The highest BCUT2D eigenvalue weighted by Crippen LogP contribution is 2.23. The van der Waals surface area contributed by atoms with Crippen LogP contribution in [0.1, 0.15) is 24.4 Å². The summed E-state index contributed by atoms with van der Waals surface area (Å²) in [5.41, 5.74) is 2.46. The predicted molar refractivity (Wildman–Crippen MR) is 79.6 cm³/mol. The van der Waals surface area contributed by atoms with Crippen molar-refractivity contribution in [1.82, 2.24) is 14.6 Å². The highest BCUT2D eigenvalue weighted by atomic mass is 32.1. The fraction of sp³-hybridized carbons (Fsp3) is 0.267. The van der Waals surface area contributed by atoms with E-state index in [9.17, 15) is 0 Å². The second-order valence-corrected chi connectivity index (χ2v) is 6.18. The maximum atomic E-state index is 8.94. The van der Waals surface area contributed by atoms with Crippen molar-refractivity contribution in [2.75, 3.05) is 0 Å². The van der Waals surface area contributed by atoms with Gasteiger partial charge in [-0.25, -0.2) is 9.50 Å². The third kappa shape index (κ3) is 2.43. The number of nitrogens with zero attached hydrogens (tertiary/aromatic N) is 4. The van der Waals surface area contributed by atoms with Crippen LogP contribution < -0.4 is 0 Å². The van der Waals surface area contributed by atoms with Gasteiger partial charge in [0.05, 0.1) is 23.5 Å². The number of rotatable bonds is 3. The molecular formula is C15H14N4S. The Balaban J connectivity index is 1.97. The zero-order valence-corrected chi connectivity index (χ0v) is 12.2. The van der Waals surface area contributed by atoms with Gasteiger partial charge in [0, 0.05) is 12.0 Å². The number of benzene rings is 1. The summed E-state index contributed by atoms with van der Waals surface area (Å²) in [5.74, 6) is 0.595. The average Bonchev–Trinajstić information content (AvgIpc) is 2.96. The molecule has 100 valence electrons. The Morgan fingerprint density at radius 3 is 2.95 bits per heavy atom. The Kier molecular flexibility index (Phi) is 3.25. The topological polar surface area (TPSA) is 54.0 Å². The van der Waals surface area contributed by atoms with Crippen molar-refractivity contribution >= 4 is 16.3 Å². The highest BCUT2D eigenvalue weighted by molar-refractivity contribution is 7.16. The molecule has 1 aromatic carbocycles. The van der Waals surface area contributed by atoms with Crippen molar-refractivity contribution in [2.24, 2.45) is 5.92 Å². The van der Waals surface area contributed by atoms with E-state index in [1.54, 1.807) is 17.4 Å². The highest BCUT2D eigenvalue weighted by Gasteiger charge is 2.10. The van der Waals surface area contributed by atoms with Crippen molar-refractivity contribution in [2.45, 2.75) is 20.3 Å². The molecule has 0 radical (unpaired) electrons. The molecule has 0 saturated heterocycles. The summed E-state index contributed by atoms with van der Waals surface area (Å²) >= 11 is 1.63. The van der Waals surface area contributed by atoms with Gasteiger partial charge in [0.25, 0.3) is 0 Å². The predicted octanol–water partition coefficient (Wildman–Crippen LogP) is 3.53. The maximum absolute atomic E-state index is 8.94. The van der Waals surface area contributed by atoms with Gasteiger partial charge in [0.15, 0.2) is 0 Å². The minimum Gasteiger partial charge on any atom is -0.217 e. The molecule has 0 atom stereocenters. The Bertz CT molecular complexity index is 760. The van der Waals surface area contributed by atoms with Gasteiger partial charge in [-0.1, -0.05) is 37.3 Å². The zero-order valence-electron chi connectivity index (χ0n) is 11.4. The third-order valence-electron chi connectivity index (χ3n) is 2.96. The molecule has 0 fully saturated rings. The van der Waals surface area contributed by atoms with Crippen LogP contribution in [0.2, 0.25) is 0 Å². The minimum atomic E-state index is 0.595. The van der Waals surface area contributed by atoms with Crippen LogP contribution in [0.25, 0.3) is 16.2 Å². The Morgan fingerprint density at radius 2 is 2.25 bits per heavy atom. The largest absolute Gasteiger partial charge is 0.217 e. The summed E-state index contributed by atoms with van der Waals surface area (Å²) < 4.78 is 1.83. The lowest BCUT2D eigenvalue weighted by Crippen LogP contribution is -1.94. The lowest BCUT2D eigenvalue weighted by atomic mass is 10.1. The van der Waals surface area contributed by atoms with E-state index in [1.165, 1.54) is 0 Å². The molecular weight excluding hydrogens is 268 g/mol. The molecule has 0 spiro atoms. The molecule has 0 unspecified atom stereocenters. The molecule has 5 heteroatoms. The van der Waals surface area contributed by atoms with Crippen molar-refractivity contribution < 1.29 is 0 Å². The van der Waals surface area contributed by atoms with Crippen LogP contribution in [0.4, 0.5) is 0 Å². The van der Waals surface area contributed by atoms with Gasteiger partial charge in [-0.05, 0) is 18.1 Å². The maximum Gasteiger partial charge on any atom is 0.212 e. The molecule has 0 aliphatic heterocycles. The van der Waals surface area contributed by atoms with E-state index in [1.807, 2.05) is 28.9 Å². The average molecular weight is 282 g/mol. The number of nitriles is 1. The van der Waals surface area contributed by atoms with E-state index >= 15 is 0 Å². The lowest BCUT2D eigenvalue weighted by molar-refractivity contribution is 0.637. The normalized spacial score (nSPS) is 11.1. The van der Waals surface area contributed by atoms with E-state index in [0.29, 0.717) is 11.5 Å². The molecule has 2 aromatic heterocycles. The van der Waals surface area contributed by atoms with Crippen LogP contribution in [-0.2, 0) is 6.42 Å². The molecule has 0 N–H and O–H groups in total. The van der Waals surface area contributed by atoms with Crippen LogP contribution in [0.5, 0.6) is 0 Å². The second-order valence-electron chi connectivity index (χ2n) is 5.14. The molecule has 0 amide bonds. The van der Waals surface area contributed by atoms with Crippen LogP contribution >= 0.6 is 11.3 Å². The summed E-state index contributed by atoms with van der Waals surface area (Å²) in [5, 5.41) is 14.6. The molecule has 0 aliphatic rings. The Labute approximate surface area is 121 Å². The molecule has 20 heavy (non-hydrogen) atoms. The third-order valence-corrected chi connectivity index (χ3v) is 3.90. The standard InChI is InChI=1S/C15H14N4S/c1-10(2)6-14-18-19-9-13(17-15(19)20-14)12-5-3-4-11(7-12)8-16/h3-5,7,9-10H,6H2,1-2H3. The van der Waals surface area contributed by atoms with Gasteiger partial charge >= 0.3 is 0 Å². The van der Waals surface area contributed by atoms with Gasteiger partial charge < -0.3 is 0 Å². The summed E-state index contributed by atoms with van der Waals surface area (Å²) in [7, 11) is 0. The summed E-state index contributed by atoms with van der Waals surface area (Å²) in [6, 6.07) is 9.62. The number of fused-ring (bicyclic) bond motifs is 1. The fourth-order valence-electron chi connectivity index (χ4n) is 2.06. The number of hydrogen-bond donors (Lipinski definition) is 0. The smallest absolute Gasteiger partial charge is 0.212 e. The molecule has 0 aliphatic carbocycles. The Hall–Kier alpha value is -2.19. The number of imidazole rings is 1. The van der Waals surface area contributed by atoms with E-state index in [2.05, 4.69) is 30.0 Å². The lowest BCUT2D eigenvalue weighted by Gasteiger charge is -1.98. The molecule has 3 rings (SSSR count). The summed E-state index contributed by atoms with van der Waals surface area (Å²) in [6.07, 6.45) is 2.90. The van der Waals surface area contributed by atoms with Crippen molar-refractivity contribution in [3.8, 4) is 17.3 Å². The molecule has 2 heterocycles. The summed E-state index contributed by atoms with van der Waals surface area (Å²) in [4.78, 5) is 5.50. The first kappa shape index (κ1) is 12.8. The van der Waals surface area contributed by atoms with E-state index in [0.717, 1.165) is 27.6 Å². The SMILES string of the molecule is CC(C)Cc1nn2cc(-c3cccc(C#N)c3)nc2s1. The van der Waals surface area contributed by atoms with Gasteiger partial charge in [0.1, 0.15) is 5.01 Å². The first-order chi connectivity index (χ1) is 9.65. The first-order valence-corrected chi connectivity index (χ1v) is 7.33. The molecule has 3 aromatic rings. The van der Waals surface area contributed by atoms with Gasteiger partial charge in [0.2, 0.25) is 4.96 Å². The number of aromatic nitrogens is 3. The number of hydrogen-bond acceptors (Lipinski definition) is 4. The van der Waals surface area contributed by atoms with E-state index in [4.69, 9.17) is 5.26 Å². The zero-order chi connectivity index (χ0) is 14.1. The monoisotopic (exact) mass is 282 g/mol. The van der Waals surface area contributed by atoms with Gasteiger partial charge in [-0.2, -0.15) is 10.4 Å². The van der Waals surface area contributed by atoms with Crippen LogP contribution in [0, 0.1) is 17.2 Å². The van der Waals surface area contributed by atoms with Crippen molar-refractivity contribution in [1.29, 1.82) is 5.26 Å². The van der Waals surface area contributed by atoms with E-state index < -0.39 is 0 Å². The van der Waals surface area contributed by atoms with Crippen molar-refractivity contribution in [3.63, 3.8) is 0 Å². The quantitative estimate of drug-likeness (QED) is 0.738. The van der Waals surface area contributed by atoms with E-state index in [-0.39, 0.29) is 0 Å². The van der Waals surface area contributed by atoms with Crippen LogP contribution in [-0.4, -0.2) is 14.6 Å². The minimum absolute atomic E-state index is 0.595. The van der Waals surface area contributed by atoms with Gasteiger partial charge in [-0.3, -0.25) is 0 Å². The second kappa shape index (κ2) is 5.06. The van der Waals surface area contributed by atoms with Crippen LogP contribution in [0.15, 0.2) is 30.5 Å². The fourth-order valence-corrected chi connectivity index (χ4v) is 3.15.